The van der Waals surface area contributed by atoms with Gasteiger partial charge in [0, 0.05) is 6.04 Å². The molecule has 0 radical (unpaired) electrons. The van der Waals surface area contributed by atoms with Gasteiger partial charge in [0.25, 0.3) is 0 Å². The van der Waals surface area contributed by atoms with Crippen molar-refractivity contribution in [3.05, 3.63) is 29.3 Å². The van der Waals surface area contributed by atoms with Crippen LogP contribution in [0.15, 0.2) is 18.2 Å². The van der Waals surface area contributed by atoms with E-state index in [1.807, 2.05) is 0 Å². The minimum atomic E-state index is 0. The highest BCUT2D eigenvalue weighted by molar-refractivity contribution is 5.85. The fourth-order valence-corrected chi connectivity index (χ4v) is 2.62. The number of methoxy groups -OCH3 is 1. The van der Waals surface area contributed by atoms with E-state index in [-0.39, 0.29) is 12.4 Å². The molecule has 1 aromatic carbocycles. The monoisotopic (exact) mass is 269 g/mol. The highest BCUT2D eigenvalue weighted by atomic mass is 35.5. The molecule has 1 atom stereocenters. The Morgan fingerprint density at radius 3 is 2.94 bits per heavy atom. The molecular formula is C15H24ClNO. The number of nitrogens with one attached hydrogen (secondary N) is 1. The summed E-state index contributed by atoms with van der Waals surface area (Å²) in [5.74, 6) is 1.06. The molecule has 0 amide bonds. The van der Waals surface area contributed by atoms with Crippen molar-refractivity contribution in [1.82, 2.24) is 5.32 Å². The summed E-state index contributed by atoms with van der Waals surface area (Å²) in [6.07, 6.45) is 6.07. The summed E-state index contributed by atoms with van der Waals surface area (Å²) >= 11 is 0. The minimum absolute atomic E-state index is 0. The normalized spacial score (nSPS) is 17.8. The van der Waals surface area contributed by atoms with E-state index < -0.39 is 0 Å². The van der Waals surface area contributed by atoms with Crippen LogP contribution in [0.25, 0.3) is 0 Å². The van der Waals surface area contributed by atoms with E-state index in [4.69, 9.17) is 4.74 Å². The highest BCUT2D eigenvalue weighted by Gasteiger charge is 2.20. The number of hydrogen-bond donors (Lipinski definition) is 1. The van der Waals surface area contributed by atoms with Crippen molar-refractivity contribution in [3.8, 4) is 5.75 Å². The Hall–Kier alpha value is -0.730. The molecule has 0 saturated carbocycles. The topological polar surface area (TPSA) is 21.3 Å². The van der Waals surface area contributed by atoms with Gasteiger partial charge in [0.05, 0.1) is 7.11 Å². The Morgan fingerprint density at radius 2 is 2.22 bits per heavy atom. The summed E-state index contributed by atoms with van der Waals surface area (Å²) in [5, 5.41) is 3.66. The second kappa shape index (κ2) is 7.65. The third-order valence-corrected chi connectivity index (χ3v) is 3.62. The maximum absolute atomic E-state index is 5.43. The lowest BCUT2D eigenvalue weighted by Gasteiger charge is -2.26. The zero-order valence-electron chi connectivity index (χ0n) is 11.4. The van der Waals surface area contributed by atoms with E-state index in [9.17, 15) is 0 Å². The van der Waals surface area contributed by atoms with Crippen LogP contribution in [-0.2, 0) is 12.8 Å². The summed E-state index contributed by atoms with van der Waals surface area (Å²) in [5.41, 5.74) is 2.88. The zero-order chi connectivity index (χ0) is 12.1. The summed E-state index contributed by atoms with van der Waals surface area (Å²) in [4.78, 5) is 0. The van der Waals surface area contributed by atoms with Crippen molar-refractivity contribution >= 4 is 12.4 Å². The van der Waals surface area contributed by atoms with Crippen LogP contribution < -0.4 is 10.1 Å². The third-order valence-electron chi connectivity index (χ3n) is 3.62. The van der Waals surface area contributed by atoms with Crippen LogP contribution in [0.4, 0.5) is 0 Å². The van der Waals surface area contributed by atoms with Crippen molar-refractivity contribution < 1.29 is 4.74 Å². The molecule has 1 aromatic rings. The lowest BCUT2D eigenvalue weighted by molar-refractivity contribution is 0.396. The fourth-order valence-electron chi connectivity index (χ4n) is 2.62. The van der Waals surface area contributed by atoms with Crippen LogP contribution in [0.5, 0.6) is 5.75 Å². The Morgan fingerprint density at radius 1 is 1.39 bits per heavy atom. The maximum atomic E-state index is 5.43. The van der Waals surface area contributed by atoms with Crippen LogP contribution in [0.2, 0.25) is 0 Å². The van der Waals surface area contributed by atoms with Crippen LogP contribution in [0, 0.1) is 0 Å². The van der Waals surface area contributed by atoms with Gasteiger partial charge in [-0.3, -0.25) is 0 Å². The van der Waals surface area contributed by atoms with Gasteiger partial charge in [-0.1, -0.05) is 25.5 Å². The van der Waals surface area contributed by atoms with E-state index in [1.165, 1.54) is 30.4 Å². The van der Waals surface area contributed by atoms with Crippen molar-refractivity contribution in [2.75, 3.05) is 13.7 Å². The molecule has 3 heteroatoms. The molecule has 0 heterocycles. The molecule has 2 nitrogen and oxygen atoms in total. The Bertz CT molecular complexity index is 368. The molecule has 0 fully saturated rings. The average molecular weight is 270 g/mol. The van der Waals surface area contributed by atoms with E-state index in [0.717, 1.165) is 25.1 Å². The molecule has 0 bridgehead atoms. The SMILES string of the molecule is CCCCNC1CCc2c(cccc2OC)C1.Cl. The maximum Gasteiger partial charge on any atom is 0.122 e. The van der Waals surface area contributed by atoms with Gasteiger partial charge in [0.1, 0.15) is 5.75 Å². The van der Waals surface area contributed by atoms with Gasteiger partial charge in [0.2, 0.25) is 0 Å². The van der Waals surface area contributed by atoms with E-state index in [0.29, 0.717) is 6.04 Å². The van der Waals surface area contributed by atoms with Crippen molar-refractivity contribution in [3.63, 3.8) is 0 Å². The molecule has 1 aliphatic rings. The predicted molar refractivity (Wildman–Crippen MR) is 79.0 cm³/mol. The molecule has 18 heavy (non-hydrogen) atoms. The first-order chi connectivity index (χ1) is 8.35. The zero-order valence-corrected chi connectivity index (χ0v) is 12.2. The second-order valence-corrected chi connectivity index (χ2v) is 4.85. The molecular weight excluding hydrogens is 246 g/mol. The number of halogens is 1. The second-order valence-electron chi connectivity index (χ2n) is 4.85. The largest absolute Gasteiger partial charge is 0.496 e. The molecule has 0 aliphatic heterocycles. The van der Waals surface area contributed by atoms with Crippen molar-refractivity contribution in [1.29, 1.82) is 0 Å². The highest BCUT2D eigenvalue weighted by Crippen LogP contribution is 2.29. The summed E-state index contributed by atoms with van der Waals surface area (Å²) < 4.78 is 5.43. The molecule has 1 N–H and O–H groups in total. The first-order valence-electron chi connectivity index (χ1n) is 6.73. The number of benzene rings is 1. The Labute approximate surface area is 117 Å². The summed E-state index contributed by atoms with van der Waals surface area (Å²) in [7, 11) is 1.77. The van der Waals surface area contributed by atoms with E-state index >= 15 is 0 Å². The third kappa shape index (κ3) is 3.63. The molecule has 0 spiro atoms. The van der Waals surface area contributed by atoms with Gasteiger partial charge >= 0.3 is 0 Å². The first-order valence-corrected chi connectivity index (χ1v) is 6.73. The van der Waals surface area contributed by atoms with Crippen LogP contribution in [0.1, 0.15) is 37.3 Å². The van der Waals surface area contributed by atoms with Gasteiger partial charge in [-0.25, -0.2) is 0 Å². The lowest BCUT2D eigenvalue weighted by atomic mass is 9.87. The van der Waals surface area contributed by atoms with Gasteiger partial charge in [-0.15, -0.1) is 12.4 Å². The van der Waals surface area contributed by atoms with Crippen LogP contribution in [0.3, 0.4) is 0 Å². The lowest BCUT2D eigenvalue weighted by Crippen LogP contribution is -2.35. The van der Waals surface area contributed by atoms with Gasteiger partial charge in [-0.05, 0) is 49.4 Å². The van der Waals surface area contributed by atoms with E-state index in [1.54, 1.807) is 7.11 Å². The average Bonchev–Trinajstić information content (AvgIpc) is 2.38. The van der Waals surface area contributed by atoms with Gasteiger partial charge in [0.15, 0.2) is 0 Å². The molecule has 1 aliphatic carbocycles. The molecule has 2 rings (SSSR count). The Balaban J connectivity index is 0.00000162. The Kier molecular flexibility index (Phi) is 6.51. The van der Waals surface area contributed by atoms with Crippen molar-refractivity contribution in [2.45, 2.75) is 45.1 Å². The number of unbranched alkanes of at least 4 members (excludes halogenated alkanes) is 1. The molecule has 102 valence electrons. The first kappa shape index (κ1) is 15.3. The van der Waals surface area contributed by atoms with E-state index in [2.05, 4.69) is 30.4 Å². The molecule has 0 aromatic heterocycles. The van der Waals surface area contributed by atoms with Gasteiger partial charge in [-0.2, -0.15) is 0 Å². The van der Waals surface area contributed by atoms with Crippen LogP contribution >= 0.6 is 12.4 Å². The number of fused-ring (bicyclic) bond motifs is 1. The number of hydrogen-bond acceptors (Lipinski definition) is 2. The minimum Gasteiger partial charge on any atom is -0.496 e. The molecule has 0 saturated heterocycles. The standard InChI is InChI=1S/C15H23NO.ClH/c1-3-4-10-16-13-8-9-14-12(11-13)6-5-7-15(14)17-2;/h5-7,13,16H,3-4,8-11H2,1-2H3;1H. The number of ether oxygens (including phenoxy) is 1. The van der Waals surface area contributed by atoms with Crippen LogP contribution in [-0.4, -0.2) is 19.7 Å². The molecule has 1 unspecified atom stereocenters. The fraction of sp³-hybridized carbons (Fsp3) is 0.600. The number of rotatable bonds is 5. The van der Waals surface area contributed by atoms with Crippen molar-refractivity contribution in [2.24, 2.45) is 0 Å². The quantitative estimate of drug-likeness (QED) is 0.828. The summed E-state index contributed by atoms with van der Waals surface area (Å²) in [6, 6.07) is 7.07. The van der Waals surface area contributed by atoms with Gasteiger partial charge < -0.3 is 10.1 Å². The summed E-state index contributed by atoms with van der Waals surface area (Å²) in [6.45, 7) is 3.39. The predicted octanol–water partition coefficient (Wildman–Crippen LogP) is 3.36. The smallest absolute Gasteiger partial charge is 0.122 e.